The van der Waals surface area contributed by atoms with E-state index in [1.165, 1.54) is 6.42 Å². The molecule has 0 saturated heterocycles. The Hall–Kier alpha value is -0.900. The van der Waals surface area contributed by atoms with Gasteiger partial charge in [0.15, 0.2) is 0 Å². The summed E-state index contributed by atoms with van der Waals surface area (Å²) in [6, 6.07) is 0.327. The lowest BCUT2D eigenvalue weighted by Gasteiger charge is -2.16. The summed E-state index contributed by atoms with van der Waals surface area (Å²) in [7, 11) is 1.96. The van der Waals surface area contributed by atoms with Gasteiger partial charge in [-0.3, -0.25) is 0 Å². The van der Waals surface area contributed by atoms with Crippen molar-refractivity contribution in [3.05, 3.63) is 11.9 Å². The molecule has 13 heavy (non-hydrogen) atoms. The van der Waals surface area contributed by atoms with Crippen molar-refractivity contribution in [3.8, 4) is 0 Å². The molecule has 4 heteroatoms. The molecule has 2 atom stereocenters. The summed E-state index contributed by atoms with van der Waals surface area (Å²) in [4.78, 5) is 0. The highest BCUT2D eigenvalue weighted by Gasteiger charge is 2.14. The fourth-order valence-electron chi connectivity index (χ4n) is 1.33. The molecular weight excluding hydrogens is 164 g/mol. The lowest BCUT2D eigenvalue weighted by molar-refractivity contribution is 0.415. The van der Waals surface area contributed by atoms with Crippen molar-refractivity contribution in [2.24, 2.45) is 5.92 Å². The first kappa shape index (κ1) is 10.2. The number of hydrogen-bond acceptors (Lipinski definition) is 3. The Balaban J connectivity index is 2.53. The Morgan fingerprint density at radius 2 is 2.38 bits per heavy atom. The average Bonchev–Trinajstić information content (AvgIpc) is 2.66. The molecule has 4 nitrogen and oxygen atoms in total. The molecule has 1 aromatic rings. The Morgan fingerprint density at radius 3 is 2.85 bits per heavy atom. The minimum absolute atomic E-state index is 0.327. The number of aromatic amines is 1. The monoisotopic (exact) mass is 182 g/mol. The SMILES string of the molecule is CCC(C)CC(NC)c1cn[nH]n1. The minimum atomic E-state index is 0.327. The van der Waals surface area contributed by atoms with Gasteiger partial charge in [0.2, 0.25) is 0 Å². The molecule has 2 N–H and O–H groups in total. The molecule has 74 valence electrons. The van der Waals surface area contributed by atoms with Gasteiger partial charge in [0, 0.05) is 0 Å². The number of hydrogen-bond donors (Lipinski definition) is 2. The van der Waals surface area contributed by atoms with Crippen LogP contribution in [0, 0.1) is 5.92 Å². The molecule has 1 aromatic heterocycles. The third-order valence-electron chi connectivity index (χ3n) is 2.47. The van der Waals surface area contributed by atoms with Crippen molar-refractivity contribution >= 4 is 0 Å². The standard InChI is InChI=1S/C9H18N4/c1-4-7(2)5-8(10-3)9-6-11-13-12-9/h6-8,10H,4-5H2,1-3H3,(H,11,12,13). The molecule has 0 bridgehead atoms. The molecule has 0 aliphatic heterocycles. The fourth-order valence-corrected chi connectivity index (χ4v) is 1.33. The number of H-pyrrole nitrogens is 1. The molecule has 0 spiro atoms. The van der Waals surface area contributed by atoms with Crippen LogP contribution in [0.1, 0.15) is 38.4 Å². The highest BCUT2D eigenvalue weighted by atomic mass is 15.3. The smallest absolute Gasteiger partial charge is 0.0993 e. The van der Waals surface area contributed by atoms with Crippen LogP contribution < -0.4 is 5.32 Å². The van der Waals surface area contributed by atoms with E-state index in [0.29, 0.717) is 12.0 Å². The minimum Gasteiger partial charge on any atom is -0.312 e. The van der Waals surface area contributed by atoms with Gasteiger partial charge in [-0.05, 0) is 19.4 Å². The average molecular weight is 182 g/mol. The Bertz CT molecular complexity index is 220. The van der Waals surface area contributed by atoms with Crippen LogP contribution >= 0.6 is 0 Å². The zero-order valence-corrected chi connectivity index (χ0v) is 8.54. The maximum Gasteiger partial charge on any atom is 0.0993 e. The second kappa shape index (κ2) is 4.97. The zero-order valence-electron chi connectivity index (χ0n) is 8.54. The summed E-state index contributed by atoms with van der Waals surface area (Å²) >= 11 is 0. The van der Waals surface area contributed by atoms with E-state index < -0.39 is 0 Å². The van der Waals surface area contributed by atoms with Crippen LogP contribution in [0.2, 0.25) is 0 Å². The summed E-state index contributed by atoms with van der Waals surface area (Å²) in [6.45, 7) is 4.46. The quantitative estimate of drug-likeness (QED) is 0.725. The topological polar surface area (TPSA) is 53.6 Å². The van der Waals surface area contributed by atoms with Crippen LogP contribution in [0.5, 0.6) is 0 Å². The predicted molar refractivity (Wildman–Crippen MR) is 52.3 cm³/mol. The van der Waals surface area contributed by atoms with Crippen LogP contribution in [0.3, 0.4) is 0 Å². The fraction of sp³-hybridized carbons (Fsp3) is 0.778. The maximum atomic E-state index is 4.08. The van der Waals surface area contributed by atoms with Gasteiger partial charge < -0.3 is 5.32 Å². The lowest BCUT2D eigenvalue weighted by Crippen LogP contribution is -2.19. The van der Waals surface area contributed by atoms with E-state index in [4.69, 9.17) is 0 Å². The van der Waals surface area contributed by atoms with E-state index in [-0.39, 0.29) is 0 Å². The number of aromatic nitrogens is 3. The van der Waals surface area contributed by atoms with Gasteiger partial charge in [-0.2, -0.15) is 15.4 Å². The number of nitrogens with zero attached hydrogens (tertiary/aromatic N) is 2. The van der Waals surface area contributed by atoms with E-state index in [0.717, 1.165) is 12.1 Å². The van der Waals surface area contributed by atoms with E-state index >= 15 is 0 Å². The summed E-state index contributed by atoms with van der Waals surface area (Å²) in [5.41, 5.74) is 1.00. The van der Waals surface area contributed by atoms with Gasteiger partial charge in [-0.25, -0.2) is 0 Å². The van der Waals surface area contributed by atoms with Crippen molar-refractivity contribution in [2.75, 3.05) is 7.05 Å². The second-order valence-electron chi connectivity index (χ2n) is 3.49. The maximum absolute atomic E-state index is 4.08. The van der Waals surface area contributed by atoms with Crippen LogP contribution in [0.4, 0.5) is 0 Å². The van der Waals surface area contributed by atoms with Crippen LogP contribution in [0.25, 0.3) is 0 Å². The first-order chi connectivity index (χ1) is 6.27. The Morgan fingerprint density at radius 1 is 1.62 bits per heavy atom. The number of rotatable bonds is 5. The molecule has 0 aliphatic carbocycles. The molecule has 1 heterocycles. The third-order valence-corrected chi connectivity index (χ3v) is 2.47. The van der Waals surface area contributed by atoms with Gasteiger partial charge in [0.05, 0.1) is 17.9 Å². The largest absolute Gasteiger partial charge is 0.312 e. The first-order valence-electron chi connectivity index (χ1n) is 4.80. The number of nitrogens with one attached hydrogen (secondary N) is 2. The molecule has 0 aromatic carbocycles. The molecular formula is C9H18N4. The van der Waals surface area contributed by atoms with E-state index in [2.05, 4.69) is 34.6 Å². The van der Waals surface area contributed by atoms with Crippen molar-refractivity contribution in [2.45, 2.75) is 32.7 Å². The first-order valence-corrected chi connectivity index (χ1v) is 4.80. The molecule has 0 saturated carbocycles. The van der Waals surface area contributed by atoms with Gasteiger partial charge >= 0.3 is 0 Å². The molecule has 0 amide bonds. The van der Waals surface area contributed by atoms with E-state index in [1.54, 1.807) is 6.20 Å². The molecule has 1 rings (SSSR count). The highest BCUT2D eigenvalue weighted by molar-refractivity contribution is 4.99. The van der Waals surface area contributed by atoms with Gasteiger partial charge in [-0.15, -0.1) is 0 Å². The Labute approximate surface area is 79.1 Å². The van der Waals surface area contributed by atoms with Crippen molar-refractivity contribution in [3.63, 3.8) is 0 Å². The molecule has 0 fully saturated rings. The lowest BCUT2D eigenvalue weighted by atomic mass is 9.98. The van der Waals surface area contributed by atoms with Crippen LogP contribution in [-0.2, 0) is 0 Å². The van der Waals surface area contributed by atoms with Crippen LogP contribution in [0.15, 0.2) is 6.20 Å². The second-order valence-corrected chi connectivity index (χ2v) is 3.49. The Kier molecular flexibility index (Phi) is 3.89. The molecule has 0 radical (unpaired) electrons. The predicted octanol–water partition coefficient (Wildman–Crippen LogP) is 1.50. The summed E-state index contributed by atoms with van der Waals surface area (Å²) < 4.78 is 0. The van der Waals surface area contributed by atoms with E-state index in [9.17, 15) is 0 Å². The van der Waals surface area contributed by atoms with Crippen LogP contribution in [-0.4, -0.2) is 22.5 Å². The van der Waals surface area contributed by atoms with Crippen molar-refractivity contribution < 1.29 is 0 Å². The summed E-state index contributed by atoms with van der Waals surface area (Å²) in [5, 5.41) is 13.8. The van der Waals surface area contributed by atoms with Gasteiger partial charge in [-0.1, -0.05) is 20.3 Å². The van der Waals surface area contributed by atoms with Crippen molar-refractivity contribution in [1.29, 1.82) is 0 Å². The normalized spacial score (nSPS) is 15.6. The van der Waals surface area contributed by atoms with Crippen molar-refractivity contribution in [1.82, 2.24) is 20.7 Å². The third kappa shape index (κ3) is 2.81. The van der Waals surface area contributed by atoms with Gasteiger partial charge in [0.1, 0.15) is 0 Å². The summed E-state index contributed by atoms with van der Waals surface area (Å²) in [6.07, 6.45) is 4.10. The van der Waals surface area contributed by atoms with Gasteiger partial charge in [0.25, 0.3) is 0 Å². The molecule has 2 unspecified atom stereocenters. The van der Waals surface area contributed by atoms with E-state index in [1.807, 2.05) is 7.05 Å². The molecule has 0 aliphatic rings. The summed E-state index contributed by atoms with van der Waals surface area (Å²) in [5.74, 6) is 0.717. The highest BCUT2D eigenvalue weighted by Crippen LogP contribution is 2.19. The zero-order chi connectivity index (χ0) is 9.68.